The van der Waals surface area contributed by atoms with E-state index < -0.39 is 5.92 Å². The third kappa shape index (κ3) is 3.71. The zero-order valence-electron chi connectivity index (χ0n) is 17.5. The molecule has 5 nitrogen and oxygen atoms in total. The Morgan fingerprint density at radius 3 is 2.81 bits per heavy atom. The van der Waals surface area contributed by atoms with Gasteiger partial charge in [-0.3, -0.25) is 9.69 Å². The number of aryl methyl sites for hydroxylation is 1. The minimum Gasteiger partial charge on any atom is -0.384 e. The second-order valence-electron chi connectivity index (χ2n) is 8.57. The average molecular weight is 518 g/mol. The van der Waals surface area contributed by atoms with E-state index >= 15 is 0 Å². The van der Waals surface area contributed by atoms with Crippen molar-refractivity contribution in [2.45, 2.75) is 46.0 Å². The van der Waals surface area contributed by atoms with Crippen molar-refractivity contribution in [3.05, 3.63) is 66.4 Å². The van der Waals surface area contributed by atoms with E-state index in [1.165, 1.54) is 4.88 Å². The Morgan fingerprint density at radius 2 is 2.19 bits per heavy atom. The Bertz CT molecular complexity index is 1190. The second kappa shape index (κ2) is 8.09. The van der Waals surface area contributed by atoms with Crippen molar-refractivity contribution in [3.8, 4) is 6.07 Å². The highest BCUT2D eigenvalue weighted by Crippen LogP contribution is 2.52. The molecule has 8 heteroatoms. The molecule has 0 saturated heterocycles. The summed E-state index contributed by atoms with van der Waals surface area (Å²) in [5.74, 6) is -0.129. The SMILES string of the molecule is CCc1sc(C2C(C#N)=C(N)N(c3cccnc3Cl)C3=C2C(=O)CC(C)(C)C3)cc1Br. The van der Waals surface area contributed by atoms with Gasteiger partial charge in [-0.1, -0.05) is 32.4 Å². The molecule has 0 saturated carbocycles. The van der Waals surface area contributed by atoms with E-state index in [1.807, 2.05) is 12.1 Å². The van der Waals surface area contributed by atoms with E-state index in [1.54, 1.807) is 28.5 Å². The van der Waals surface area contributed by atoms with Gasteiger partial charge in [0.2, 0.25) is 0 Å². The highest BCUT2D eigenvalue weighted by molar-refractivity contribution is 9.10. The molecule has 1 aliphatic carbocycles. The van der Waals surface area contributed by atoms with Crippen LogP contribution < -0.4 is 10.6 Å². The summed E-state index contributed by atoms with van der Waals surface area (Å²) in [5.41, 5.74) is 8.78. The fourth-order valence-corrected chi connectivity index (χ4v) is 6.66. The zero-order valence-corrected chi connectivity index (χ0v) is 20.7. The van der Waals surface area contributed by atoms with Gasteiger partial charge >= 0.3 is 0 Å². The summed E-state index contributed by atoms with van der Waals surface area (Å²) in [5, 5.41) is 10.4. The summed E-state index contributed by atoms with van der Waals surface area (Å²) in [6, 6.07) is 7.90. The number of Topliss-reactive ketones (excluding diaryl/α,β-unsaturated/α-hetero) is 1. The van der Waals surface area contributed by atoms with Gasteiger partial charge in [0.25, 0.3) is 0 Å². The van der Waals surface area contributed by atoms with E-state index in [0.29, 0.717) is 35.5 Å². The van der Waals surface area contributed by atoms with Crippen molar-refractivity contribution in [2.75, 3.05) is 4.90 Å². The predicted molar refractivity (Wildman–Crippen MR) is 128 cm³/mol. The Morgan fingerprint density at radius 1 is 1.45 bits per heavy atom. The second-order valence-corrected chi connectivity index (χ2v) is 10.9. The maximum atomic E-state index is 13.5. The lowest BCUT2D eigenvalue weighted by molar-refractivity contribution is -0.118. The van der Waals surface area contributed by atoms with Gasteiger partial charge < -0.3 is 5.73 Å². The number of nitriles is 1. The van der Waals surface area contributed by atoms with E-state index in [0.717, 1.165) is 21.5 Å². The molecule has 1 aliphatic heterocycles. The van der Waals surface area contributed by atoms with Crippen molar-refractivity contribution < 1.29 is 4.79 Å². The van der Waals surface area contributed by atoms with E-state index in [4.69, 9.17) is 17.3 Å². The lowest BCUT2D eigenvalue weighted by Gasteiger charge is -2.43. The summed E-state index contributed by atoms with van der Waals surface area (Å²) in [6.45, 7) is 6.23. The van der Waals surface area contributed by atoms with Gasteiger partial charge in [0, 0.05) is 38.1 Å². The molecule has 0 spiro atoms. The van der Waals surface area contributed by atoms with Crippen LogP contribution in [0, 0.1) is 16.7 Å². The first-order chi connectivity index (χ1) is 14.7. The third-order valence-corrected chi connectivity index (χ3v) is 8.35. The number of pyridine rings is 1. The molecule has 0 bridgehead atoms. The highest BCUT2D eigenvalue weighted by atomic mass is 79.9. The number of carbonyl (C=O) groups excluding carboxylic acids is 1. The number of thiophene rings is 1. The lowest BCUT2D eigenvalue weighted by atomic mass is 9.69. The monoisotopic (exact) mass is 516 g/mol. The van der Waals surface area contributed by atoms with Gasteiger partial charge in [-0.05, 0) is 52.4 Å². The molecule has 2 N–H and O–H groups in total. The lowest BCUT2D eigenvalue weighted by Crippen LogP contribution is -2.42. The normalized spacial score (nSPS) is 20.7. The van der Waals surface area contributed by atoms with Crippen molar-refractivity contribution in [1.29, 1.82) is 5.26 Å². The third-order valence-electron chi connectivity index (χ3n) is 5.74. The van der Waals surface area contributed by atoms with Crippen LogP contribution in [0.1, 0.15) is 49.3 Å². The van der Waals surface area contributed by atoms with E-state index in [9.17, 15) is 10.1 Å². The van der Waals surface area contributed by atoms with Crippen LogP contribution in [0.4, 0.5) is 5.69 Å². The van der Waals surface area contributed by atoms with Crippen LogP contribution in [0.2, 0.25) is 5.15 Å². The molecule has 0 radical (unpaired) electrons. The molecule has 4 rings (SSSR count). The fourth-order valence-electron chi connectivity index (χ4n) is 4.42. The largest absolute Gasteiger partial charge is 0.384 e. The number of anilines is 1. The van der Waals surface area contributed by atoms with E-state index in [2.05, 4.69) is 47.8 Å². The number of nitrogens with two attached hydrogens (primary N) is 1. The molecule has 2 aliphatic rings. The molecule has 3 heterocycles. The van der Waals surface area contributed by atoms with Crippen LogP contribution in [-0.4, -0.2) is 10.8 Å². The minimum absolute atomic E-state index is 0.0454. The average Bonchev–Trinajstić information content (AvgIpc) is 3.07. The zero-order chi connectivity index (χ0) is 22.5. The predicted octanol–water partition coefficient (Wildman–Crippen LogP) is 6.06. The van der Waals surface area contributed by atoms with Gasteiger partial charge in [0.1, 0.15) is 5.82 Å². The maximum absolute atomic E-state index is 13.5. The van der Waals surface area contributed by atoms with Crippen LogP contribution in [0.5, 0.6) is 0 Å². The van der Waals surface area contributed by atoms with Crippen molar-refractivity contribution in [1.82, 2.24) is 4.98 Å². The number of halogens is 2. The first-order valence-corrected chi connectivity index (χ1v) is 12.0. The number of hydrogen-bond acceptors (Lipinski definition) is 6. The topological polar surface area (TPSA) is 83.0 Å². The van der Waals surface area contributed by atoms with Crippen LogP contribution in [0.15, 0.2) is 51.5 Å². The number of aromatic nitrogens is 1. The van der Waals surface area contributed by atoms with Crippen LogP contribution in [0.3, 0.4) is 0 Å². The van der Waals surface area contributed by atoms with Gasteiger partial charge in [0.05, 0.1) is 23.2 Å². The highest BCUT2D eigenvalue weighted by Gasteiger charge is 2.45. The quantitative estimate of drug-likeness (QED) is 0.500. The molecule has 2 aromatic heterocycles. The minimum atomic E-state index is -0.475. The molecular weight excluding hydrogens is 496 g/mol. The number of nitrogens with zero attached hydrogens (tertiary/aromatic N) is 3. The Hall–Kier alpha value is -2.14. The number of rotatable bonds is 3. The Kier molecular flexibility index (Phi) is 5.76. The van der Waals surface area contributed by atoms with Crippen molar-refractivity contribution in [3.63, 3.8) is 0 Å². The number of carbonyl (C=O) groups is 1. The van der Waals surface area contributed by atoms with Gasteiger partial charge in [-0.25, -0.2) is 4.98 Å². The van der Waals surface area contributed by atoms with Crippen molar-refractivity contribution in [2.24, 2.45) is 11.1 Å². The Labute approximate surface area is 199 Å². The summed E-state index contributed by atoms with van der Waals surface area (Å²) < 4.78 is 0.995. The summed E-state index contributed by atoms with van der Waals surface area (Å²) in [7, 11) is 0. The summed E-state index contributed by atoms with van der Waals surface area (Å²) in [4.78, 5) is 21.6. The van der Waals surface area contributed by atoms with Crippen molar-refractivity contribution >= 4 is 50.3 Å². The molecule has 1 atom stereocenters. The smallest absolute Gasteiger partial charge is 0.162 e. The molecular formula is C23H22BrClN4OS. The number of hydrogen-bond donors (Lipinski definition) is 1. The molecule has 0 amide bonds. The molecule has 2 aromatic rings. The molecule has 160 valence electrons. The fraction of sp³-hybridized carbons (Fsp3) is 0.348. The van der Waals surface area contributed by atoms with Crippen LogP contribution in [0.25, 0.3) is 0 Å². The Balaban J connectivity index is 2.02. The molecule has 0 fully saturated rings. The summed E-state index contributed by atoms with van der Waals surface area (Å²) in [6.07, 6.45) is 3.53. The molecule has 31 heavy (non-hydrogen) atoms. The molecule has 0 aromatic carbocycles. The van der Waals surface area contributed by atoms with E-state index in [-0.39, 0.29) is 16.4 Å². The first kappa shape index (κ1) is 22.1. The standard InChI is InChI=1S/C23H22BrClN4OS/c1-4-17-13(24)8-18(31-17)19-12(11-26)22(27)29(14-6-5-7-28-21(14)25)15-9-23(2,3)10-16(30)20(15)19/h5-8,19H,4,9-10,27H2,1-3H3. The van der Waals surface area contributed by atoms with Crippen LogP contribution in [-0.2, 0) is 11.2 Å². The van der Waals surface area contributed by atoms with Gasteiger partial charge in [0.15, 0.2) is 10.9 Å². The van der Waals surface area contributed by atoms with Gasteiger partial charge in [-0.2, -0.15) is 5.26 Å². The number of ketones is 1. The van der Waals surface area contributed by atoms with Gasteiger partial charge in [-0.15, -0.1) is 11.3 Å². The number of allylic oxidation sites excluding steroid dienone is 3. The molecule has 1 unspecified atom stereocenters. The maximum Gasteiger partial charge on any atom is 0.162 e. The van der Waals surface area contributed by atoms with Crippen LogP contribution >= 0.6 is 38.9 Å². The first-order valence-electron chi connectivity index (χ1n) is 10.0. The summed E-state index contributed by atoms with van der Waals surface area (Å²) >= 11 is 11.7.